The van der Waals surface area contributed by atoms with Crippen LogP contribution in [0.4, 0.5) is 0 Å². The van der Waals surface area contributed by atoms with Gasteiger partial charge in [-0.2, -0.15) is 0 Å². The van der Waals surface area contributed by atoms with Crippen molar-refractivity contribution in [1.82, 2.24) is 4.98 Å². The monoisotopic (exact) mass is 198 g/mol. The van der Waals surface area contributed by atoms with Crippen molar-refractivity contribution < 1.29 is 4.79 Å². The van der Waals surface area contributed by atoms with Crippen LogP contribution in [0.15, 0.2) is 6.07 Å². The lowest BCUT2D eigenvalue weighted by molar-refractivity contribution is 0.0999. The van der Waals surface area contributed by atoms with Gasteiger partial charge in [0.15, 0.2) is 0 Å². The number of carbonyl (C=O) groups excluding carboxylic acids is 1. The van der Waals surface area contributed by atoms with Crippen LogP contribution >= 0.6 is 11.6 Å². The van der Waals surface area contributed by atoms with E-state index in [9.17, 15) is 4.79 Å². The predicted molar refractivity (Wildman–Crippen MR) is 51.8 cm³/mol. The summed E-state index contributed by atoms with van der Waals surface area (Å²) in [6.45, 7) is 3.61. The molecule has 70 valence electrons. The minimum absolute atomic E-state index is 0.347. The first kappa shape index (κ1) is 9.99. The van der Waals surface area contributed by atoms with Gasteiger partial charge in [0.1, 0.15) is 0 Å². The zero-order valence-electron chi connectivity index (χ0n) is 7.60. The molecule has 1 aromatic heterocycles. The third-order valence-electron chi connectivity index (χ3n) is 1.92. The Labute approximate surface area is 81.9 Å². The molecule has 3 nitrogen and oxygen atoms in total. The molecule has 0 saturated heterocycles. The van der Waals surface area contributed by atoms with Gasteiger partial charge < -0.3 is 5.73 Å². The van der Waals surface area contributed by atoms with Gasteiger partial charge in [-0.05, 0) is 25.5 Å². The molecular formula is C9H11ClN2O. The van der Waals surface area contributed by atoms with E-state index in [1.54, 1.807) is 13.0 Å². The summed E-state index contributed by atoms with van der Waals surface area (Å²) in [6.07, 6.45) is 0. The molecule has 2 N–H and O–H groups in total. The van der Waals surface area contributed by atoms with Crippen molar-refractivity contribution >= 4 is 17.5 Å². The van der Waals surface area contributed by atoms with Crippen LogP contribution in [0.25, 0.3) is 0 Å². The minimum atomic E-state index is -0.462. The van der Waals surface area contributed by atoms with Crippen LogP contribution in [0, 0.1) is 13.8 Å². The van der Waals surface area contributed by atoms with Crippen molar-refractivity contribution in [3.05, 3.63) is 28.6 Å². The molecule has 1 rings (SSSR count). The summed E-state index contributed by atoms with van der Waals surface area (Å²) >= 11 is 5.67. The Hall–Kier alpha value is -1.09. The van der Waals surface area contributed by atoms with Crippen LogP contribution in [0.1, 0.15) is 27.3 Å². The molecule has 0 bridgehead atoms. The number of carbonyl (C=O) groups is 1. The summed E-state index contributed by atoms with van der Waals surface area (Å²) in [7, 11) is 0. The first-order chi connectivity index (χ1) is 6.06. The topological polar surface area (TPSA) is 56.0 Å². The average Bonchev–Trinajstić information content (AvgIpc) is 2.03. The SMILES string of the molecule is Cc1nc(C)c(C(N)=O)cc1CCl. The molecule has 13 heavy (non-hydrogen) atoms. The zero-order chi connectivity index (χ0) is 10.0. The number of nitrogens with zero attached hydrogens (tertiary/aromatic N) is 1. The van der Waals surface area contributed by atoms with E-state index >= 15 is 0 Å². The highest BCUT2D eigenvalue weighted by atomic mass is 35.5. The Morgan fingerprint density at radius 1 is 1.54 bits per heavy atom. The highest BCUT2D eigenvalue weighted by Crippen LogP contribution is 2.13. The number of rotatable bonds is 2. The molecule has 0 fully saturated rings. The molecule has 0 aliphatic carbocycles. The predicted octanol–water partition coefficient (Wildman–Crippen LogP) is 1.54. The molecule has 1 amide bonds. The normalized spacial score (nSPS) is 10.1. The fourth-order valence-electron chi connectivity index (χ4n) is 1.15. The quantitative estimate of drug-likeness (QED) is 0.733. The molecule has 4 heteroatoms. The standard InChI is InChI=1S/C9H11ClN2O/c1-5-7(4-10)3-8(9(11)13)6(2)12-5/h3H,4H2,1-2H3,(H2,11,13). The highest BCUT2D eigenvalue weighted by molar-refractivity contribution is 6.17. The Morgan fingerprint density at radius 3 is 2.62 bits per heavy atom. The number of hydrogen-bond acceptors (Lipinski definition) is 2. The van der Waals surface area contributed by atoms with E-state index in [1.165, 1.54) is 0 Å². The second kappa shape index (κ2) is 3.75. The van der Waals surface area contributed by atoms with Gasteiger partial charge in [0.05, 0.1) is 11.3 Å². The second-order valence-corrected chi connectivity index (χ2v) is 3.13. The third kappa shape index (κ3) is 1.98. The fraction of sp³-hybridized carbons (Fsp3) is 0.333. The lowest BCUT2D eigenvalue weighted by Crippen LogP contribution is -2.14. The van der Waals surface area contributed by atoms with E-state index in [0.29, 0.717) is 17.1 Å². The van der Waals surface area contributed by atoms with E-state index < -0.39 is 5.91 Å². The Bertz CT molecular complexity index is 350. The van der Waals surface area contributed by atoms with E-state index in [1.807, 2.05) is 6.92 Å². The molecular weight excluding hydrogens is 188 g/mol. The molecule has 0 atom stereocenters. The van der Waals surface area contributed by atoms with Crippen molar-refractivity contribution in [2.75, 3.05) is 0 Å². The average molecular weight is 199 g/mol. The number of primary amides is 1. The van der Waals surface area contributed by atoms with E-state index in [-0.39, 0.29) is 0 Å². The van der Waals surface area contributed by atoms with Gasteiger partial charge in [-0.15, -0.1) is 11.6 Å². The summed E-state index contributed by atoms with van der Waals surface area (Å²) in [5.41, 5.74) is 7.96. The molecule has 0 aliphatic heterocycles. The molecule has 0 unspecified atom stereocenters. The summed E-state index contributed by atoms with van der Waals surface area (Å²) in [5.74, 6) is -0.115. The summed E-state index contributed by atoms with van der Waals surface area (Å²) < 4.78 is 0. The van der Waals surface area contributed by atoms with Crippen molar-refractivity contribution in [2.24, 2.45) is 5.73 Å². The first-order valence-corrected chi connectivity index (χ1v) is 4.42. The van der Waals surface area contributed by atoms with E-state index in [0.717, 1.165) is 11.3 Å². The van der Waals surface area contributed by atoms with Gasteiger partial charge >= 0.3 is 0 Å². The summed E-state index contributed by atoms with van der Waals surface area (Å²) in [6, 6.07) is 1.70. The number of hydrogen-bond donors (Lipinski definition) is 1. The maximum atomic E-state index is 10.9. The molecule has 1 heterocycles. The smallest absolute Gasteiger partial charge is 0.250 e. The Balaban J connectivity index is 3.30. The van der Waals surface area contributed by atoms with Gasteiger partial charge in [0.25, 0.3) is 5.91 Å². The number of pyridine rings is 1. The van der Waals surface area contributed by atoms with Crippen molar-refractivity contribution in [2.45, 2.75) is 19.7 Å². The molecule has 0 aliphatic rings. The van der Waals surface area contributed by atoms with E-state index in [4.69, 9.17) is 17.3 Å². The maximum absolute atomic E-state index is 10.9. The molecule has 1 aromatic rings. The largest absolute Gasteiger partial charge is 0.366 e. The Kier molecular flexibility index (Phi) is 2.88. The van der Waals surface area contributed by atoms with Crippen LogP contribution in [-0.4, -0.2) is 10.9 Å². The number of halogens is 1. The zero-order valence-corrected chi connectivity index (χ0v) is 8.35. The molecule has 0 radical (unpaired) electrons. The van der Waals surface area contributed by atoms with Crippen LogP contribution in [0.3, 0.4) is 0 Å². The van der Waals surface area contributed by atoms with Gasteiger partial charge in [-0.3, -0.25) is 9.78 Å². The van der Waals surface area contributed by atoms with Crippen molar-refractivity contribution in [3.8, 4) is 0 Å². The minimum Gasteiger partial charge on any atom is -0.366 e. The van der Waals surface area contributed by atoms with Crippen molar-refractivity contribution in [1.29, 1.82) is 0 Å². The second-order valence-electron chi connectivity index (χ2n) is 2.86. The van der Waals surface area contributed by atoms with Crippen molar-refractivity contribution in [3.63, 3.8) is 0 Å². The van der Waals surface area contributed by atoms with Crippen LogP contribution in [-0.2, 0) is 5.88 Å². The van der Waals surface area contributed by atoms with E-state index in [2.05, 4.69) is 4.98 Å². The number of aromatic nitrogens is 1. The lowest BCUT2D eigenvalue weighted by Gasteiger charge is -2.06. The van der Waals surface area contributed by atoms with Gasteiger partial charge in [0, 0.05) is 11.6 Å². The van der Waals surface area contributed by atoms with Crippen LogP contribution in [0.5, 0.6) is 0 Å². The number of alkyl halides is 1. The number of nitrogens with two attached hydrogens (primary N) is 1. The number of amides is 1. The summed E-state index contributed by atoms with van der Waals surface area (Å²) in [4.78, 5) is 15.1. The van der Waals surface area contributed by atoms with Gasteiger partial charge in [-0.1, -0.05) is 0 Å². The summed E-state index contributed by atoms with van der Waals surface area (Å²) in [5, 5.41) is 0. The van der Waals surface area contributed by atoms with Crippen LogP contribution in [0.2, 0.25) is 0 Å². The highest BCUT2D eigenvalue weighted by Gasteiger charge is 2.09. The lowest BCUT2D eigenvalue weighted by atomic mass is 10.1. The molecule has 0 aromatic carbocycles. The molecule has 0 saturated carbocycles. The molecule has 0 spiro atoms. The first-order valence-electron chi connectivity index (χ1n) is 3.89. The van der Waals surface area contributed by atoms with Gasteiger partial charge in [-0.25, -0.2) is 0 Å². The van der Waals surface area contributed by atoms with Crippen LogP contribution < -0.4 is 5.73 Å². The third-order valence-corrected chi connectivity index (χ3v) is 2.21. The fourth-order valence-corrected chi connectivity index (χ4v) is 1.42. The maximum Gasteiger partial charge on any atom is 0.250 e. The van der Waals surface area contributed by atoms with Gasteiger partial charge in [0.2, 0.25) is 0 Å². The Morgan fingerprint density at radius 2 is 2.15 bits per heavy atom. The number of aryl methyl sites for hydroxylation is 2.